The summed E-state index contributed by atoms with van der Waals surface area (Å²) in [5.74, 6) is -1.13. The van der Waals surface area contributed by atoms with Crippen molar-refractivity contribution in [2.24, 2.45) is 11.7 Å². The van der Waals surface area contributed by atoms with Crippen molar-refractivity contribution < 1.29 is 19.9 Å². The molecule has 0 radical (unpaired) electrons. The lowest BCUT2D eigenvalue weighted by atomic mass is 9.77. The first-order valence-corrected chi connectivity index (χ1v) is 5.44. The average Bonchev–Trinajstić information content (AvgIpc) is 2.58. The maximum atomic E-state index is 11.9. The molecule has 1 unspecified atom stereocenters. The molecule has 0 aromatic carbocycles. The van der Waals surface area contributed by atoms with Crippen molar-refractivity contribution in [2.45, 2.75) is 38.4 Å². The van der Waals surface area contributed by atoms with Gasteiger partial charge >= 0.3 is 7.12 Å². The Morgan fingerprint density at radius 3 is 2.50 bits per heavy atom. The van der Waals surface area contributed by atoms with Gasteiger partial charge in [-0.05, 0) is 12.3 Å². The van der Waals surface area contributed by atoms with E-state index in [1.54, 1.807) is 0 Å². The van der Waals surface area contributed by atoms with E-state index in [9.17, 15) is 9.90 Å². The van der Waals surface area contributed by atoms with Crippen molar-refractivity contribution in [3.8, 4) is 0 Å². The van der Waals surface area contributed by atoms with Gasteiger partial charge in [-0.1, -0.05) is 13.8 Å². The van der Waals surface area contributed by atoms with Crippen LogP contribution in [0.15, 0.2) is 0 Å². The fourth-order valence-electron chi connectivity index (χ4n) is 1.86. The highest BCUT2D eigenvalue weighted by Gasteiger charge is 2.42. The van der Waals surface area contributed by atoms with Crippen LogP contribution in [0.25, 0.3) is 0 Å². The Labute approximate surface area is 95.2 Å². The first-order chi connectivity index (χ1) is 7.34. The van der Waals surface area contributed by atoms with Crippen LogP contribution < -0.4 is 5.73 Å². The fraction of sp³-hybridized carbons (Fsp3) is 0.889. The number of rotatable bonds is 3. The molecular formula is C9H19BN2O4. The highest BCUT2D eigenvalue weighted by atomic mass is 16.4. The number of likely N-dealkylation sites (tertiary alicyclic amines) is 1. The summed E-state index contributed by atoms with van der Waals surface area (Å²) in [6.45, 7) is 3.75. The Balaban J connectivity index is 2.74. The zero-order chi connectivity index (χ0) is 12.5. The van der Waals surface area contributed by atoms with Crippen LogP contribution in [0.5, 0.6) is 0 Å². The van der Waals surface area contributed by atoms with Gasteiger partial charge in [0.05, 0.1) is 18.1 Å². The third-order valence-corrected chi connectivity index (χ3v) is 2.95. The zero-order valence-corrected chi connectivity index (χ0v) is 9.58. The maximum Gasteiger partial charge on any atom is 0.475 e. The normalized spacial score (nSPS) is 27.3. The number of β-amino-alcohol motifs (C(OH)–C–C–N with tert-alkyl or cyclic N) is 1. The average molecular weight is 230 g/mol. The molecule has 1 aliphatic heterocycles. The molecule has 5 N–H and O–H groups in total. The van der Waals surface area contributed by atoms with Crippen molar-refractivity contribution in [3.05, 3.63) is 0 Å². The molecule has 3 atom stereocenters. The molecule has 1 saturated heterocycles. The highest BCUT2D eigenvalue weighted by molar-refractivity contribution is 6.43. The Kier molecular flexibility index (Phi) is 4.31. The number of hydrogen-bond acceptors (Lipinski definition) is 5. The Hall–Kier alpha value is -0.625. The first kappa shape index (κ1) is 13.4. The largest absolute Gasteiger partial charge is 0.475 e. The number of nitrogens with two attached hydrogens (primary N) is 1. The second kappa shape index (κ2) is 5.14. The summed E-state index contributed by atoms with van der Waals surface area (Å²) in [5.41, 5.74) is 5.71. The predicted molar refractivity (Wildman–Crippen MR) is 59.1 cm³/mol. The molecule has 0 aliphatic carbocycles. The van der Waals surface area contributed by atoms with Gasteiger partial charge in [-0.2, -0.15) is 0 Å². The van der Waals surface area contributed by atoms with Crippen LogP contribution in [-0.4, -0.2) is 57.7 Å². The van der Waals surface area contributed by atoms with E-state index in [1.165, 1.54) is 4.90 Å². The summed E-state index contributed by atoms with van der Waals surface area (Å²) in [7, 11) is -1.64. The van der Waals surface area contributed by atoms with Gasteiger partial charge in [0.1, 0.15) is 0 Å². The minimum atomic E-state index is -1.64. The van der Waals surface area contributed by atoms with Gasteiger partial charge < -0.3 is 25.8 Å². The molecule has 1 aliphatic rings. The van der Waals surface area contributed by atoms with Gasteiger partial charge in [0.15, 0.2) is 0 Å². The van der Waals surface area contributed by atoms with E-state index in [4.69, 9.17) is 15.8 Å². The topological polar surface area (TPSA) is 107 Å². The van der Waals surface area contributed by atoms with E-state index >= 15 is 0 Å². The van der Waals surface area contributed by atoms with Crippen molar-refractivity contribution in [1.82, 2.24) is 4.90 Å². The van der Waals surface area contributed by atoms with Gasteiger partial charge in [-0.15, -0.1) is 0 Å². The predicted octanol–water partition coefficient (Wildman–Crippen LogP) is -2.06. The lowest BCUT2D eigenvalue weighted by Crippen LogP contribution is -2.52. The molecular weight excluding hydrogens is 211 g/mol. The molecule has 0 bridgehead atoms. The van der Waals surface area contributed by atoms with Crippen LogP contribution in [0.4, 0.5) is 0 Å². The summed E-state index contributed by atoms with van der Waals surface area (Å²) in [6.07, 6.45) is -0.538. The molecule has 16 heavy (non-hydrogen) atoms. The zero-order valence-electron chi connectivity index (χ0n) is 9.58. The smallest absolute Gasteiger partial charge is 0.426 e. The first-order valence-electron chi connectivity index (χ1n) is 5.44. The van der Waals surface area contributed by atoms with Gasteiger partial charge in [-0.3, -0.25) is 4.79 Å². The number of aliphatic hydroxyl groups is 1. The Bertz CT molecular complexity index is 262. The number of aliphatic hydroxyl groups excluding tert-OH is 1. The van der Waals surface area contributed by atoms with E-state index in [2.05, 4.69) is 0 Å². The van der Waals surface area contributed by atoms with Crippen molar-refractivity contribution in [1.29, 1.82) is 0 Å². The molecule has 7 heteroatoms. The molecule has 1 heterocycles. The van der Waals surface area contributed by atoms with E-state index in [0.717, 1.165) is 0 Å². The van der Waals surface area contributed by atoms with Gasteiger partial charge in [0.2, 0.25) is 5.91 Å². The third kappa shape index (κ3) is 2.73. The van der Waals surface area contributed by atoms with Crippen molar-refractivity contribution in [3.63, 3.8) is 0 Å². The van der Waals surface area contributed by atoms with Crippen LogP contribution in [0.1, 0.15) is 20.3 Å². The highest BCUT2D eigenvalue weighted by Crippen LogP contribution is 2.20. The maximum absolute atomic E-state index is 11.9. The number of carbonyl (C=O) groups is 1. The number of amides is 1. The number of carbonyl (C=O) groups excluding carboxylic acids is 1. The molecule has 1 rings (SSSR count). The summed E-state index contributed by atoms with van der Waals surface area (Å²) >= 11 is 0. The summed E-state index contributed by atoms with van der Waals surface area (Å²) < 4.78 is 0. The van der Waals surface area contributed by atoms with Crippen molar-refractivity contribution >= 4 is 13.0 Å². The minimum absolute atomic E-state index is 0.0262. The molecule has 6 nitrogen and oxygen atoms in total. The van der Waals surface area contributed by atoms with Crippen LogP contribution in [0, 0.1) is 5.92 Å². The molecule has 0 aromatic rings. The molecule has 0 spiro atoms. The summed E-state index contributed by atoms with van der Waals surface area (Å²) in [6, 6.07) is -0.674. The van der Waals surface area contributed by atoms with Gasteiger partial charge in [0.25, 0.3) is 0 Å². The molecule has 1 fully saturated rings. The minimum Gasteiger partial charge on any atom is -0.426 e. The third-order valence-electron chi connectivity index (χ3n) is 2.95. The molecule has 92 valence electrons. The quantitative estimate of drug-likeness (QED) is 0.417. The second-order valence-corrected chi connectivity index (χ2v) is 4.63. The SMILES string of the molecule is CC(C)C(N)C(=O)N1C[C@H](O)C[C@H]1B(O)O. The number of hydrogen-bond donors (Lipinski definition) is 4. The number of nitrogens with zero attached hydrogens (tertiary/aromatic N) is 1. The van der Waals surface area contributed by atoms with E-state index in [1.807, 2.05) is 13.8 Å². The van der Waals surface area contributed by atoms with Gasteiger partial charge in [0, 0.05) is 6.54 Å². The van der Waals surface area contributed by atoms with Crippen LogP contribution in [0.2, 0.25) is 0 Å². The van der Waals surface area contributed by atoms with Crippen molar-refractivity contribution in [2.75, 3.05) is 6.54 Å². The summed E-state index contributed by atoms with van der Waals surface area (Å²) in [5, 5.41) is 27.7. The molecule has 1 amide bonds. The van der Waals surface area contributed by atoms with Gasteiger partial charge in [-0.25, -0.2) is 0 Å². The Morgan fingerprint density at radius 1 is 1.50 bits per heavy atom. The summed E-state index contributed by atoms with van der Waals surface area (Å²) in [4.78, 5) is 13.2. The monoisotopic (exact) mass is 230 g/mol. The van der Waals surface area contributed by atoms with E-state index in [-0.39, 0.29) is 24.8 Å². The van der Waals surface area contributed by atoms with Crippen LogP contribution in [-0.2, 0) is 4.79 Å². The second-order valence-electron chi connectivity index (χ2n) is 4.63. The van der Waals surface area contributed by atoms with Crippen LogP contribution in [0.3, 0.4) is 0 Å². The lowest BCUT2D eigenvalue weighted by molar-refractivity contribution is -0.133. The van der Waals surface area contributed by atoms with Crippen LogP contribution >= 0.6 is 0 Å². The fourth-order valence-corrected chi connectivity index (χ4v) is 1.86. The standard InChI is InChI=1S/C9H19BN2O4/c1-5(2)8(11)9(14)12-4-6(13)3-7(12)10(15)16/h5-8,13,15-16H,3-4,11H2,1-2H3/t6-,7+,8?/m1/s1. The Morgan fingerprint density at radius 2 is 2.06 bits per heavy atom. The molecule has 0 saturated carbocycles. The molecule has 0 aromatic heterocycles. The lowest BCUT2D eigenvalue weighted by Gasteiger charge is -2.27. The van der Waals surface area contributed by atoms with E-state index < -0.39 is 25.2 Å². The van der Waals surface area contributed by atoms with E-state index in [0.29, 0.717) is 0 Å².